The van der Waals surface area contributed by atoms with E-state index in [0.717, 1.165) is 39.9 Å². The Morgan fingerprint density at radius 2 is 2.04 bits per heavy atom. The van der Waals surface area contributed by atoms with Crippen LogP contribution in [0.25, 0.3) is 21.9 Å². The summed E-state index contributed by atoms with van der Waals surface area (Å²) < 4.78 is 1.79. The second kappa shape index (κ2) is 6.55. The number of benzene rings is 1. The Morgan fingerprint density at radius 1 is 1.22 bits per heavy atom. The molecular formula is C19H19ClN2O. The molecule has 0 bridgehead atoms. The Morgan fingerprint density at radius 3 is 2.78 bits per heavy atom. The normalized spacial score (nSPS) is 11.1. The summed E-state index contributed by atoms with van der Waals surface area (Å²) in [5.41, 5.74) is 3.09. The van der Waals surface area contributed by atoms with Gasteiger partial charge in [-0.1, -0.05) is 37.1 Å². The molecule has 1 aromatic carbocycles. The molecule has 2 heterocycles. The molecule has 0 amide bonds. The van der Waals surface area contributed by atoms with Gasteiger partial charge >= 0.3 is 0 Å². The maximum absolute atomic E-state index is 12.6. The van der Waals surface area contributed by atoms with Crippen LogP contribution >= 0.6 is 11.6 Å². The van der Waals surface area contributed by atoms with Crippen LogP contribution < -0.4 is 5.56 Å². The van der Waals surface area contributed by atoms with Gasteiger partial charge in [-0.05, 0) is 42.0 Å². The van der Waals surface area contributed by atoms with E-state index in [0.29, 0.717) is 11.9 Å². The number of unbranched alkanes of at least 4 members (excludes halogenated alkanes) is 1. The van der Waals surface area contributed by atoms with Gasteiger partial charge in [-0.2, -0.15) is 0 Å². The van der Waals surface area contributed by atoms with Gasteiger partial charge < -0.3 is 4.57 Å². The van der Waals surface area contributed by atoms with Gasteiger partial charge in [0.2, 0.25) is 0 Å². The highest BCUT2D eigenvalue weighted by Gasteiger charge is 2.11. The number of rotatable bonds is 4. The summed E-state index contributed by atoms with van der Waals surface area (Å²) >= 11 is 6.29. The third-order valence-corrected chi connectivity index (χ3v) is 4.53. The van der Waals surface area contributed by atoms with Crippen LogP contribution in [0.1, 0.15) is 25.3 Å². The summed E-state index contributed by atoms with van der Waals surface area (Å²) in [6.07, 6.45) is 7.33. The molecule has 0 atom stereocenters. The van der Waals surface area contributed by atoms with Crippen molar-refractivity contribution in [3.8, 4) is 11.1 Å². The van der Waals surface area contributed by atoms with Crippen LogP contribution in [-0.2, 0) is 6.54 Å². The van der Waals surface area contributed by atoms with E-state index >= 15 is 0 Å². The Kier molecular flexibility index (Phi) is 4.49. The smallest absolute Gasteiger partial charge is 0.260 e. The standard InChI is InChI=1S/C19H19ClN2O/c1-3-4-9-22-12-17(14-6-5-13(2)18(20)10-14)15-7-8-21-11-16(15)19(22)23/h5-8,10-12H,3-4,9H2,1-2H3. The predicted molar refractivity (Wildman–Crippen MR) is 96.1 cm³/mol. The van der Waals surface area contributed by atoms with Crippen molar-refractivity contribution >= 4 is 22.4 Å². The summed E-state index contributed by atoms with van der Waals surface area (Å²) in [4.78, 5) is 16.8. The topological polar surface area (TPSA) is 34.9 Å². The fourth-order valence-electron chi connectivity index (χ4n) is 2.72. The van der Waals surface area contributed by atoms with Crippen molar-refractivity contribution in [1.82, 2.24) is 9.55 Å². The third kappa shape index (κ3) is 3.02. The number of hydrogen-bond acceptors (Lipinski definition) is 2. The lowest BCUT2D eigenvalue weighted by atomic mass is 10.0. The lowest BCUT2D eigenvalue weighted by molar-refractivity contribution is 0.617. The molecule has 0 unspecified atom stereocenters. The molecule has 0 aliphatic heterocycles. The van der Waals surface area contributed by atoms with E-state index in [-0.39, 0.29) is 5.56 Å². The van der Waals surface area contributed by atoms with Gasteiger partial charge in [0.1, 0.15) is 0 Å². The molecule has 0 saturated heterocycles. The van der Waals surface area contributed by atoms with Gasteiger partial charge in [0.15, 0.2) is 0 Å². The van der Waals surface area contributed by atoms with Crippen molar-refractivity contribution < 1.29 is 0 Å². The predicted octanol–water partition coefficient (Wildman–Crippen LogP) is 4.83. The molecule has 2 aromatic heterocycles. The van der Waals surface area contributed by atoms with Gasteiger partial charge in [-0.25, -0.2) is 0 Å². The van der Waals surface area contributed by atoms with Crippen molar-refractivity contribution in [2.75, 3.05) is 0 Å². The molecule has 3 rings (SSSR count). The minimum atomic E-state index is 0.0171. The lowest BCUT2D eigenvalue weighted by Gasteiger charge is -2.13. The number of nitrogens with zero attached hydrogens (tertiary/aromatic N) is 2. The zero-order valence-electron chi connectivity index (χ0n) is 13.3. The molecule has 0 aliphatic carbocycles. The van der Waals surface area contributed by atoms with Crippen LogP contribution in [0.3, 0.4) is 0 Å². The number of pyridine rings is 2. The summed E-state index contributed by atoms with van der Waals surface area (Å²) in [5.74, 6) is 0. The van der Waals surface area contributed by atoms with Crippen molar-refractivity contribution in [2.45, 2.75) is 33.2 Å². The van der Waals surface area contributed by atoms with Crippen LogP contribution in [0, 0.1) is 6.92 Å². The highest BCUT2D eigenvalue weighted by molar-refractivity contribution is 6.31. The van der Waals surface area contributed by atoms with Crippen LogP contribution in [-0.4, -0.2) is 9.55 Å². The van der Waals surface area contributed by atoms with Crippen LogP contribution in [0.2, 0.25) is 5.02 Å². The summed E-state index contributed by atoms with van der Waals surface area (Å²) in [6.45, 7) is 4.82. The highest BCUT2D eigenvalue weighted by Crippen LogP contribution is 2.29. The molecule has 118 valence electrons. The average molecular weight is 327 g/mol. The Labute approximate surface area is 140 Å². The van der Waals surface area contributed by atoms with Crippen molar-refractivity contribution in [1.29, 1.82) is 0 Å². The first-order valence-electron chi connectivity index (χ1n) is 7.85. The summed E-state index contributed by atoms with van der Waals surface area (Å²) in [7, 11) is 0. The van der Waals surface area contributed by atoms with Gasteiger partial charge in [0.25, 0.3) is 5.56 Å². The molecule has 0 N–H and O–H groups in total. The maximum atomic E-state index is 12.6. The highest BCUT2D eigenvalue weighted by atomic mass is 35.5. The van der Waals surface area contributed by atoms with E-state index in [1.165, 1.54) is 0 Å². The first-order valence-corrected chi connectivity index (χ1v) is 8.23. The lowest BCUT2D eigenvalue weighted by Crippen LogP contribution is -2.20. The molecule has 3 aromatic rings. The molecule has 0 radical (unpaired) electrons. The molecule has 23 heavy (non-hydrogen) atoms. The quantitative estimate of drug-likeness (QED) is 0.688. The number of aromatic nitrogens is 2. The fourth-order valence-corrected chi connectivity index (χ4v) is 2.90. The minimum Gasteiger partial charge on any atom is -0.314 e. The largest absolute Gasteiger partial charge is 0.314 e. The number of fused-ring (bicyclic) bond motifs is 1. The van der Waals surface area contributed by atoms with Gasteiger partial charge in [0, 0.05) is 35.7 Å². The Bertz CT molecular complexity index is 915. The number of halogens is 1. The maximum Gasteiger partial charge on any atom is 0.260 e. The summed E-state index contributed by atoms with van der Waals surface area (Å²) in [5, 5.41) is 2.30. The van der Waals surface area contributed by atoms with Crippen molar-refractivity contribution in [3.05, 3.63) is 63.8 Å². The van der Waals surface area contributed by atoms with Crippen molar-refractivity contribution in [2.24, 2.45) is 0 Å². The molecule has 4 heteroatoms. The van der Waals surface area contributed by atoms with Gasteiger partial charge in [-0.3, -0.25) is 9.78 Å². The molecule has 0 fully saturated rings. The van der Waals surface area contributed by atoms with Crippen LogP contribution in [0.5, 0.6) is 0 Å². The van der Waals surface area contributed by atoms with E-state index in [1.807, 2.05) is 37.4 Å². The monoisotopic (exact) mass is 326 g/mol. The Hall–Kier alpha value is -2.13. The Balaban J connectivity index is 2.28. The SMILES string of the molecule is CCCCn1cc(-c2ccc(C)c(Cl)c2)c2ccncc2c1=O. The molecular weight excluding hydrogens is 308 g/mol. The zero-order chi connectivity index (χ0) is 16.4. The van der Waals surface area contributed by atoms with Crippen LogP contribution in [0.4, 0.5) is 0 Å². The zero-order valence-corrected chi connectivity index (χ0v) is 14.1. The van der Waals surface area contributed by atoms with Crippen LogP contribution in [0.15, 0.2) is 47.7 Å². The second-order valence-electron chi connectivity index (χ2n) is 5.78. The van der Waals surface area contributed by atoms with Gasteiger partial charge in [-0.15, -0.1) is 0 Å². The average Bonchev–Trinajstić information content (AvgIpc) is 2.57. The second-order valence-corrected chi connectivity index (χ2v) is 6.19. The fraction of sp³-hybridized carbons (Fsp3) is 0.263. The number of aryl methyl sites for hydroxylation is 2. The van der Waals surface area contributed by atoms with Gasteiger partial charge in [0.05, 0.1) is 5.39 Å². The van der Waals surface area contributed by atoms with E-state index in [1.54, 1.807) is 17.0 Å². The summed E-state index contributed by atoms with van der Waals surface area (Å²) in [6, 6.07) is 7.90. The third-order valence-electron chi connectivity index (χ3n) is 4.12. The van der Waals surface area contributed by atoms with E-state index in [2.05, 4.69) is 11.9 Å². The minimum absolute atomic E-state index is 0.0171. The molecule has 0 aliphatic rings. The first-order chi connectivity index (χ1) is 11.1. The van der Waals surface area contributed by atoms with E-state index < -0.39 is 0 Å². The van der Waals surface area contributed by atoms with E-state index in [4.69, 9.17) is 11.6 Å². The van der Waals surface area contributed by atoms with Crippen molar-refractivity contribution in [3.63, 3.8) is 0 Å². The molecule has 0 spiro atoms. The molecule has 3 nitrogen and oxygen atoms in total. The van der Waals surface area contributed by atoms with E-state index in [9.17, 15) is 4.79 Å². The number of hydrogen-bond donors (Lipinski definition) is 0. The molecule has 0 saturated carbocycles. The first kappa shape index (κ1) is 15.8.